The Balaban J connectivity index is 2.29. The smallest absolute Gasteiger partial charge is 0.132 e. The van der Waals surface area contributed by atoms with Crippen molar-refractivity contribution >= 4 is 5.78 Å². The average Bonchev–Trinajstić information content (AvgIpc) is 2.05. The molecule has 0 saturated carbocycles. The molecule has 0 aliphatic carbocycles. The summed E-state index contributed by atoms with van der Waals surface area (Å²) in [5.41, 5.74) is 5.85. The molecule has 0 spiro atoms. The molecule has 0 amide bonds. The Morgan fingerprint density at radius 2 is 2.00 bits per heavy atom. The van der Waals surface area contributed by atoms with Crippen LogP contribution < -0.4 is 5.73 Å². The Hall–Kier alpha value is -0.410. The van der Waals surface area contributed by atoms with Crippen molar-refractivity contribution in [3.63, 3.8) is 0 Å². The van der Waals surface area contributed by atoms with Crippen LogP contribution in [0.5, 0.6) is 0 Å². The van der Waals surface area contributed by atoms with Gasteiger partial charge in [-0.05, 0) is 32.9 Å². The van der Waals surface area contributed by atoms with Crippen molar-refractivity contribution in [2.45, 2.75) is 38.8 Å². The molecule has 1 rings (SSSR count). The second-order valence-corrected chi connectivity index (χ2v) is 3.57. The molecule has 1 aliphatic rings. The third-order valence-corrected chi connectivity index (χ3v) is 2.36. The van der Waals surface area contributed by atoms with E-state index in [9.17, 15) is 4.79 Å². The Morgan fingerprint density at radius 1 is 1.42 bits per heavy atom. The van der Waals surface area contributed by atoms with Crippen molar-refractivity contribution in [3.8, 4) is 0 Å². The van der Waals surface area contributed by atoms with Gasteiger partial charge < -0.3 is 5.73 Å². The summed E-state index contributed by atoms with van der Waals surface area (Å²) < 4.78 is 0. The monoisotopic (exact) mass is 170 g/mol. The lowest BCUT2D eigenvalue weighted by Gasteiger charge is -2.31. The van der Waals surface area contributed by atoms with E-state index in [1.54, 1.807) is 6.92 Å². The lowest BCUT2D eigenvalue weighted by molar-refractivity contribution is -0.118. The average molecular weight is 170 g/mol. The maximum Gasteiger partial charge on any atom is 0.132 e. The van der Waals surface area contributed by atoms with E-state index in [-0.39, 0.29) is 11.9 Å². The zero-order valence-electron chi connectivity index (χ0n) is 7.75. The van der Waals surface area contributed by atoms with Gasteiger partial charge in [-0.2, -0.15) is 0 Å². The molecule has 1 aliphatic heterocycles. The normalized spacial score (nSPS) is 22.2. The van der Waals surface area contributed by atoms with Crippen molar-refractivity contribution < 1.29 is 4.79 Å². The summed E-state index contributed by atoms with van der Waals surface area (Å²) in [6.07, 6.45) is 4.23. The van der Waals surface area contributed by atoms with E-state index in [2.05, 4.69) is 4.90 Å². The largest absolute Gasteiger partial charge is 0.315 e. The van der Waals surface area contributed by atoms with E-state index < -0.39 is 0 Å². The van der Waals surface area contributed by atoms with Crippen LogP contribution in [0.15, 0.2) is 0 Å². The second kappa shape index (κ2) is 4.58. The summed E-state index contributed by atoms with van der Waals surface area (Å²) in [7, 11) is 0. The minimum Gasteiger partial charge on any atom is -0.315 e. The van der Waals surface area contributed by atoms with Gasteiger partial charge in [0.1, 0.15) is 5.78 Å². The van der Waals surface area contributed by atoms with Crippen LogP contribution in [0.4, 0.5) is 0 Å². The van der Waals surface area contributed by atoms with Gasteiger partial charge in [0.05, 0.1) is 6.17 Å². The van der Waals surface area contributed by atoms with Crippen LogP contribution in [0.2, 0.25) is 0 Å². The number of carbonyl (C=O) groups excluding carboxylic acids is 1. The van der Waals surface area contributed by atoms with Gasteiger partial charge in [-0.15, -0.1) is 0 Å². The molecule has 0 aromatic heterocycles. The van der Waals surface area contributed by atoms with Gasteiger partial charge in [0.25, 0.3) is 0 Å². The zero-order valence-corrected chi connectivity index (χ0v) is 7.75. The number of Topliss-reactive ketones (excluding diaryl/α,β-unsaturated/α-hetero) is 1. The summed E-state index contributed by atoms with van der Waals surface area (Å²) in [5, 5.41) is 0. The fraction of sp³-hybridized carbons (Fsp3) is 0.889. The first-order valence-electron chi connectivity index (χ1n) is 4.69. The predicted molar refractivity (Wildman–Crippen MR) is 48.7 cm³/mol. The fourth-order valence-electron chi connectivity index (χ4n) is 1.67. The molecule has 12 heavy (non-hydrogen) atoms. The van der Waals surface area contributed by atoms with Crippen molar-refractivity contribution in [3.05, 3.63) is 0 Å². The molecule has 1 atom stereocenters. The Bertz CT molecular complexity index is 153. The number of nitrogens with zero attached hydrogens (tertiary/aromatic N) is 1. The molecule has 3 nitrogen and oxygen atoms in total. The first-order chi connectivity index (χ1) is 5.70. The molecule has 1 heterocycles. The highest BCUT2D eigenvalue weighted by atomic mass is 16.1. The van der Waals surface area contributed by atoms with Crippen LogP contribution in [0.1, 0.15) is 32.6 Å². The number of carbonyl (C=O) groups is 1. The third kappa shape index (κ3) is 2.91. The molecule has 1 fully saturated rings. The fourth-order valence-corrected chi connectivity index (χ4v) is 1.67. The van der Waals surface area contributed by atoms with Gasteiger partial charge in [-0.3, -0.25) is 9.69 Å². The van der Waals surface area contributed by atoms with E-state index in [1.165, 1.54) is 19.3 Å². The van der Waals surface area contributed by atoms with Gasteiger partial charge in [0, 0.05) is 6.42 Å². The highest BCUT2D eigenvalue weighted by Gasteiger charge is 2.17. The van der Waals surface area contributed by atoms with Crippen LogP contribution in [0.3, 0.4) is 0 Å². The van der Waals surface area contributed by atoms with Crippen molar-refractivity contribution in [1.82, 2.24) is 4.90 Å². The summed E-state index contributed by atoms with van der Waals surface area (Å²) >= 11 is 0. The van der Waals surface area contributed by atoms with Crippen LogP contribution in [-0.4, -0.2) is 29.9 Å². The number of hydrogen-bond donors (Lipinski definition) is 1. The lowest BCUT2D eigenvalue weighted by Crippen LogP contribution is -2.45. The quantitative estimate of drug-likeness (QED) is 0.679. The Kier molecular flexibility index (Phi) is 3.69. The van der Waals surface area contributed by atoms with Crippen LogP contribution in [0, 0.1) is 0 Å². The highest BCUT2D eigenvalue weighted by Crippen LogP contribution is 2.11. The molecule has 0 bridgehead atoms. The molecular weight excluding hydrogens is 152 g/mol. The van der Waals surface area contributed by atoms with Crippen molar-refractivity contribution in [2.75, 3.05) is 13.1 Å². The van der Waals surface area contributed by atoms with Gasteiger partial charge in [-0.25, -0.2) is 0 Å². The van der Waals surface area contributed by atoms with Gasteiger partial charge in [0.15, 0.2) is 0 Å². The summed E-state index contributed by atoms with van der Waals surface area (Å²) in [6.45, 7) is 3.73. The molecule has 1 unspecified atom stereocenters. The molecule has 1 saturated heterocycles. The number of ketones is 1. The van der Waals surface area contributed by atoms with Gasteiger partial charge >= 0.3 is 0 Å². The molecule has 70 valence electrons. The van der Waals surface area contributed by atoms with E-state index >= 15 is 0 Å². The maximum atomic E-state index is 10.8. The van der Waals surface area contributed by atoms with Gasteiger partial charge in [-0.1, -0.05) is 6.42 Å². The number of piperidine rings is 1. The molecule has 0 aromatic rings. The predicted octanol–water partition coefficient (Wildman–Crippen LogP) is 0.736. The van der Waals surface area contributed by atoms with E-state index in [0.29, 0.717) is 6.42 Å². The minimum absolute atomic E-state index is 0.0391. The maximum absolute atomic E-state index is 10.8. The minimum atomic E-state index is -0.0391. The summed E-state index contributed by atoms with van der Waals surface area (Å²) in [5.74, 6) is 0.188. The SMILES string of the molecule is CC(=O)CC(N)N1CCCCC1. The topological polar surface area (TPSA) is 46.3 Å². The van der Waals surface area contributed by atoms with Crippen molar-refractivity contribution in [2.24, 2.45) is 5.73 Å². The lowest BCUT2D eigenvalue weighted by atomic mass is 10.1. The van der Waals surface area contributed by atoms with Gasteiger partial charge in [0.2, 0.25) is 0 Å². The number of rotatable bonds is 3. The van der Waals surface area contributed by atoms with Crippen LogP contribution >= 0.6 is 0 Å². The molecular formula is C9H18N2O. The zero-order chi connectivity index (χ0) is 8.97. The standard InChI is InChI=1S/C9H18N2O/c1-8(12)7-9(10)11-5-3-2-4-6-11/h9H,2-7,10H2,1H3. The molecule has 3 heteroatoms. The summed E-state index contributed by atoms with van der Waals surface area (Å²) in [6, 6.07) is 0. The summed E-state index contributed by atoms with van der Waals surface area (Å²) in [4.78, 5) is 13.0. The van der Waals surface area contributed by atoms with E-state index in [0.717, 1.165) is 13.1 Å². The molecule has 0 aromatic carbocycles. The molecule has 2 N–H and O–H groups in total. The third-order valence-electron chi connectivity index (χ3n) is 2.36. The van der Waals surface area contributed by atoms with Crippen molar-refractivity contribution in [1.29, 1.82) is 0 Å². The van der Waals surface area contributed by atoms with Crippen LogP contribution in [0.25, 0.3) is 0 Å². The molecule has 0 radical (unpaired) electrons. The Labute approximate surface area is 73.9 Å². The first-order valence-corrected chi connectivity index (χ1v) is 4.69. The number of hydrogen-bond acceptors (Lipinski definition) is 3. The second-order valence-electron chi connectivity index (χ2n) is 3.57. The van der Waals surface area contributed by atoms with Crippen LogP contribution in [-0.2, 0) is 4.79 Å². The number of nitrogens with two attached hydrogens (primary N) is 1. The van der Waals surface area contributed by atoms with E-state index in [4.69, 9.17) is 5.73 Å². The number of likely N-dealkylation sites (tertiary alicyclic amines) is 1. The Morgan fingerprint density at radius 3 is 2.50 bits per heavy atom. The van der Waals surface area contributed by atoms with E-state index in [1.807, 2.05) is 0 Å². The highest BCUT2D eigenvalue weighted by molar-refractivity contribution is 5.75. The first kappa shape index (κ1) is 9.68.